The molecule has 1 unspecified atom stereocenters. The molecule has 2 aromatic rings. The molecule has 1 amide bonds. The number of carbonyl (C=O) groups excluding carboxylic acids is 1. The molecule has 1 aliphatic heterocycles. The predicted molar refractivity (Wildman–Crippen MR) is 129 cm³/mol. The second-order valence-electron chi connectivity index (χ2n) is 9.02. The van der Waals surface area contributed by atoms with Gasteiger partial charge in [-0.15, -0.1) is 0 Å². The van der Waals surface area contributed by atoms with E-state index < -0.39 is 0 Å². The van der Waals surface area contributed by atoms with Crippen LogP contribution in [0.4, 0.5) is 0 Å². The highest BCUT2D eigenvalue weighted by molar-refractivity contribution is 6.42. The van der Waals surface area contributed by atoms with Gasteiger partial charge < -0.3 is 14.8 Å². The molecule has 1 aromatic heterocycles. The molecule has 0 radical (unpaired) electrons. The largest absolute Gasteiger partial charge is 0.335 e. The Labute approximate surface area is 204 Å². The molecule has 1 saturated carbocycles. The van der Waals surface area contributed by atoms with Crippen LogP contribution in [-0.4, -0.2) is 34.5 Å². The fourth-order valence-electron chi connectivity index (χ4n) is 4.65. The Kier molecular flexibility index (Phi) is 7.43. The number of piperidine rings is 1. The summed E-state index contributed by atoms with van der Waals surface area (Å²) in [6.07, 6.45) is 5.51. The number of aryl methyl sites for hydroxylation is 2. The van der Waals surface area contributed by atoms with Crippen molar-refractivity contribution in [3.05, 3.63) is 67.6 Å². The van der Waals surface area contributed by atoms with Crippen molar-refractivity contribution in [1.82, 2.24) is 14.8 Å². The Morgan fingerprint density at radius 1 is 1.27 bits per heavy atom. The summed E-state index contributed by atoms with van der Waals surface area (Å²) in [5, 5.41) is 13.2. The van der Waals surface area contributed by atoms with Crippen LogP contribution in [0.3, 0.4) is 0 Å². The van der Waals surface area contributed by atoms with Crippen molar-refractivity contribution in [1.29, 1.82) is 5.26 Å². The van der Waals surface area contributed by atoms with Crippen LogP contribution >= 0.6 is 23.2 Å². The van der Waals surface area contributed by atoms with Gasteiger partial charge in [-0.05, 0) is 67.0 Å². The normalized spacial score (nSPS) is 20.3. The lowest BCUT2D eigenvalue weighted by molar-refractivity contribution is -0.138. The van der Waals surface area contributed by atoms with Gasteiger partial charge in [-0.1, -0.05) is 29.3 Å². The summed E-state index contributed by atoms with van der Waals surface area (Å²) in [4.78, 5) is 28.0. The van der Waals surface area contributed by atoms with Crippen molar-refractivity contribution in [2.24, 2.45) is 13.0 Å². The van der Waals surface area contributed by atoms with Crippen LogP contribution in [0.1, 0.15) is 48.3 Å². The van der Waals surface area contributed by atoms with Crippen LogP contribution in [0.15, 0.2) is 35.3 Å². The summed E-state index contributed by atoms with van der Waals surface area (Å²) in [6, 6.07) is 9.73. The zero-order chi connectivity index (χ0) is 23.5. The number of halogens is 2. The molecule has 2 aliphatic rings. The number of nitrogens with one attached hydrogen (secondary N) is 1. The number of hydrogen-bond donors (Lipinski definition) is 1. The van der Waals surface area contributed by atoms with E-state index in [9.17, 15) is 9.59 Å². The van der Waals surface area contributed by atoms with Crippen molar-refractivity contribution in [3.8, 4) is 6.07 Å². The lowest BCUT2D eigenvalue weighted by atomic mass is 9.80. The number of nitrogens with zero attached hydrogens (tertiary/aromatic N) is 3. The van der Waals surface area contributed by atoms with Crippen LogP contribution in [-0.2, 0) is 24.8 Å². The highest BCUT2D eigenvalue weighted by atomic mass is 35.5. The molecule has 0 spiro atoms. The first-order valence-electron chi connectivity index (χ1n) is 11.4. The van der Waals surface area contributed by atoms with Crippen LogP contribution in [0, 0.1) is 17.2 Å². The van der Waals surface area contributed by atoms with Gasteiger partial charge >= 0.3 is 0 Å². The van der Waals surface area contributed by atoms with E-state index in [1.54, 1.807) is 29.9 Å². The van der Waals surface area contributed by atoms with E-state index in [4.69, 9.17) is 28.5 Å². The Morgan fingerprint density at radius 2 is 2.06 bits per heavy atom. The van der Waals surface area contributed by atoms with Crippen molar-refractivity contribution < 1.29 is 4.79 Å². The number of nitriles is 1. The topological polar surface area (TPSA) is 78.1 Å². The summed E-state index contributed by atoms with van der Waals surface area (Å²) in [5.41, 5.74) is 2.62. The fraction of sp³-hybridized carbons (Fsp3) is 0.480. The van der Waals surface area contributed by atoms with Crippen molar-refractivity contribution >= 4 is 29.1 Å². The predicted octanol–water partition coefficient (Wildman–Crippen LogP) is 4.03. The number of benzene rings is 1. The Bertz CT molecular complexity index is 1140. The number of aromatic nitrogens is 1. The molecular weight excluding hydrogens is 459 g/mol. The van der Waals surface area contributed by atoms with Gasteiger partial charge in [0.1, 0.15) is 0 Å². The molecule has 1 saturated heterocycles. The summed E-state index contributed by atoms with van der Waals surface area (Å²) in [6.45, 7) is 1.79. The number of hydrogen-bond acceptors (Lipinski definition) is 4. The van der Waals surface area contributed by atoms with Crippen LogP contribution in [0.5, 0.6) is 0 Å². The minimum Gasteiger partial charge on any atom is -0.335 e. The molecule has 1 aliphatic carbocycles. The molecule has 0 bridgehead atoms. The Balaban J connectivity index is 1.61. The third-order valence-corrected chi connectivity index (χ3v) is 7.50. The lowest BCUT2D eigenvalue weighted by Crippen LogP contribution is -2.47. The molecule has 8 heteroatoms. The van der Waals surface area contributed by atoms with Gasteiger partial charge in [0.05, 0.1) is 22.0 Å². The molecule has 1 N–H and O–H groups in total. The summed E-state index contributed by atoms with van der Waals surface area (Å²) in [5.74, 6) is -0.164. The third-order valence-electron chi connectivity index (χ3n) is 6.66. The third kappa shape index (κ3) is 5.43. The zero-order valence-electron chi connectivity index (χ0n) is 18.7. The zero-order valence-corrected chi connectivity index (χ0v) is 20.2. The Morgan fingerprint density at radius 3 is 2.76 bits per heavy atom. The maximum absolute atomic E-state index is 13.9. The van der Waals surface area contributed by atoms with Crippen LogP contribution < -0.4 is 10.9 Å². The quantitative estimate of drug-likeness (QED) is 0.640. The molecule has 174 valence electrons. The first-order chi connectivity index (χ1) is 15.9. The number of amides is 1. The first kappa shape index (κ1) is 23.8. The minimum atomic E-state index is -0.248. The van der Waals surface area contributed by atoms with Gasteiger partial charge in [-0.3, -0.25) is 9.59 Å². The van der Waals surface area contributed by atoms with E-state index in [-0.39, 0.29) is 29.3 Å². The lowest BCUT2D eigenvalue weighted by Gasteiger charge is -2.36. The maximum atomic E-state index is 13.9. The fourth-order valence-corrected chi connectivity index (χ4v) is 5.08. The molecule has 2 heterocycles. The van der Waals surface area contributed by atoms with Gasteiger partial charge in [-0.25, -0.2) is 0 Å². The van der Waals surface area contributed by atoms with E-state index in [2.05, 4.69) is 11.4 Å². The van der Waals surface area contributed by atoms with E-state index in [1.807, 2.05) is 17.0 Å². The highest BCUT2D eigenvalue weighted by Gasteiger charge is 2.40. The van der Waals surface area contributed by atoms with Crippen molar-refractivity contribution in [3.63, 3.8) is 0 Å². The SMILES string of the molecule is Cn1ccc(C2CCNC[C@@H]2C(=O)N(Cc2cc(CCC#N)cc(Cl)c2Cl)C2CC2)cc1=O. The molecule has 2 atom stereocenters. The van der Waals surface area contributed by atoms with Gasteiger partial charge in [-0.2, -0.15) is 5.26 Å². The average molecular weight is 487 g/mol. The molecule has 6 nitrogen and oxygen atoms in total. The van der Waals surface area contributed by atoms with Gasteiger partial charge in [0.2, 0.25) is 5.91 Å². The first-order valence-corrected chi connectivity index (χ1v) is 12.2. The second-order valence-corrected chi connectivity index (χ2v) is 9.81. The molecular formula is C25H28Cl2N4O2. The van der Waals surface area contributed by atoms with Gasteiger partial charge in [0.25, 0.3) is 5.56 Å². The minimum absolute atomic E-state index is 0.00470. The smallest absolute Gasteiger partial charge is 0.250 e. The summed E-state index contributed by atoms with van der Waals surface area (Å²) < 4.78 is 1.54. The average Bonchev–Trinajstić information content (AvgIpc) is 3.65. The van der Waals surface area contributed by atoms with E-state index in [0.717, 1.165) is 42.5 Å². The second kappa shape index (κ2) is 10.3. The highest BCUT2D eigenvalue weighted by Crippen LogP contribution is 2.37. The van der Waals surface area contributed by atoms with E-state index >= 15 is 0 Å². The van der Waals surface area contributed by atoms with Gasteiger partial charge in [0, 0.05) is 44.9 Å². The Hall–Kier alpha value is -2.33. The molecule has 4 rings (SSSR count). The van der Waals surface area contributed by atoms with Crippen molar-refractivity contribution in [2.75, 3.05) is 13.1 Å². The standard InChI is InChI=1S/C25H28Cl2N4O2/c1-30-10-7-17(13-23(30)32)20-6-9-29-14-21(20)25(33)31(19-4-5-19)15-18-11-16(3-2-8-28)12-22(26)24(18)27/h7,10-13,19-21,29H,2-6,9,14-15H2,1H3/t20?,21-/m0/s1. The number of pyridine rings is 1. The van der Waals surface area contributed by atoms with E-state index in [1.165, 1.54) is 0 Å². The monoisotopic (exact) mass is 486 g/mol. The molecule has 2 fully saturated rings. The number of carbonyl (C=O) groups is 1. The van der Waals surface area contributed by atoms with Crippen LogP contribution in [0.25, 0.3) is 0 Å². The molecule has 1 aromatic carbocycles. The molecule has 33 heavy (non-hydrogen) atoms. The summed E-state index contributed by atoms with van der Waals surface area (Å²) >= 11 is 12.9. The van der Waals surface area contributed by atoms with Crippen LogP contribution in [0.2, 0.25) is 10.0 Å². The number of rotatable bonds is 7. The summed E-state index contributed by atoms with van der Waals surface area (Å²) in [7, 11) is 1.73. The van der Waals surface area contributed by atoms with Crippen molar-refractivity contribution in [2.45, 2.75) is 50.6 Å². The maximum Gasteiger partial charge on any atom is 0.250 e. The van der Waals surface area contributed by atoms with E-state index in [0.29, 0.717) is 36.0 Å². The van der Waals surface area contributed by atoms with Gasteiger partial charge in [0.15, 0.2) is 0 Å².